The van der Waals surface area contributed by atoms with E-state index in [1.165, 1.54) is 36.3 Å². The van der Waals surface area contributed by atoms with Crippen molar-refractivity contribution < 1.29 is 16.8 Å². The topological polar surface area (TPSA) is 28.2 Å². The van der Waals surface area contributed by atoms with Gasteiger partial charge < -0.3 is 9.96 Å². The van der Waals surface area contributed by atoms with E-state index in [1.807, 2.05) is 0 Å². The summed E-state index contributed by atoms with van der Waals surface area (Å²) in [6.07, 6.45) is 0. The van der Waals surface area contributed by atoms with Gasteiger partial charge in [0.1, 0.15) is 0 Å². The first kappa shape index (κ1) is 30.6. The molecule has 0 spiro atoms. The van der Waals surface area contributed by atoms with Gasteiger partial charge in [0.25, 0.3) is 0 Å². The van der Waals surface area contributed by atoms with Gasteiger partial charge in [0.05, 0.1) is 0 Å². The maximum Gasteiger partial charge on any atom is 2.00 e. The Bertz CT molecular complexity index is 266. The molecule has 0 aromatic rings. The molecular formula is C20H48CoN2Si2. The summed E-state index contributed by atoms with van der Waals surface area (Å²) in [7, 11) is -2.46. The Morgan fingerprint density at radius 1 is 0.480 bits per heavy atom. The molecule has 0 aromatic carbocycles. The Kier molecular flexibility index (Phi) is 16.0. The third-order valence-corrected chi connectivity index (χ3v) is 15.3. The second-order valence-corrected chi connectivity index (χ2v) is 18.7. The van der Waals surface area contributed by atoms with Crippen molar-refractivity contribution >= 4 is 16.5 Å². The zero-order valence-corrected chi connectivity index (χ0v) is 22.5. The molecule has 0 aliphatic rings. The van der Waals surface area contributed by atoms with Crippen LogP contribution >= 0.6 is 0 Å². The molecule has 0 amide bonds. The molecule has 2 nitrogen and oxygen atoms in total. The molecule has 5 heteroatoms. The van der Waals surface area contributed by atoms with Crippen LogP contribution in [0.1, 0.15) is 83.1 Å². The fraction of sp³-hybridized carbons (Fsp3) is 1.00. The third kappa shape index (κ3) is 13.6. The largest absolute Gasteiger partial charge is 2.00 e. The molecule has 155 valence electrons. The maximum absolute atomic E-state index is 5.03. The maximum atomic E-state index is 5.03. The fourth-order valence-electron chi connectivity index (χ4n) is 3.40. The molecule has 0 aliphatic heterocycles. The van der Waals surface area contributed by atoms with E-state index in [-0.39, 0.29) is 27.9 Å². The zero-order chi connectivity index (χ0) is 19.7. The standard InChI is InChI=1S/2C10H24NSi.Co/c2*1-7-12(8-2,9-3)11-10(4,5)6;/h2*7-9H2,1-6H3;/q2*-1;+2. The van der Waals surface area contributed by atoms with Crippen LogP contribution in [0.5, 0.6) is 0 Å². The van der Waals surface area contributed by atoms with Gasteiger partial charge in [-0.3, -0.25) is 0 Å². The van der Waals surface area contributed by atoms with Gasteiger partial charge >= 0.3 is 16.8 Å². The first-order valence-electron chi connectivity index (χ1n) is 10.3. The smallest absolute Gasteiger partial charge is 0.659 e. The molecule has 1 radical (unpaired) electrons. The summed E-state index contributed by atoms with van der Waals surface area (Å²) >= 11 is 0. The zero-order valence-electron chi connectivity index (χ0n) is 19.5. The molecule has 0 bridgehead atoms. The second kappa shape index (κ2) is 13.1. The van der Waals surface area contributed by atoms with E-state index in [4.69, 9.17) is 9.96 Å². The van der Waals surface area contributed by atoms with Gasteiger partial charge in [-0.05, 0) is 0 Å². The van der Waals surface area contributed by atoms with Crippen molar-refractivity contribution in [2.24, 2.45) is 0 Å². The third-order valence-electron chi connectivity index (χ3n) is 5.09. The second-order valence-electron chi connectivity index (χ2n) is 9.14. The Labute approximate surface area is 173 Å². The number of rotatable bonds is 8. The molecule has 0 aromatic heterocycles. The monoisotopic (exact) mass is 431 g/mol. The summed E-state index contributed by atoms with van der Waals surface area (Å²) in [6.45, 7) is 27.1. The van der Waals surface area contributed by atoms with E-state index in [9.17, 15) is 0 Å². The Morgan fingerprint density at radius 3 is 0.680 bits per heavy atom. The van der Waals surface area contributed by atoms with Gasteiger partial charge in [-0.15, -0.1) is 11.1 Å². The molecule has 0 N–H and O–H groups in total. The predicted molar refractivity (Wildman–Crippen MR) is 121 cm³/mol. The molecule has 0 saturated carbocycles. The molecule has 0 fully saturated rings. The van der Waals surface area contributed by atoms with Gasteiger partial charge in [-0.2, -0.15) is 0 Å². The summed E-state index contributed by atoms with van der Waals surface area (Å²) in [5.41, 5.74) is 0.350. The van der Waals surface area contributed by atoms with Crippen LogP contribution in [0.25, 0.3) is 9.96 Å². The van der Waals surface area contributed by atoms with Gasteiger partial charge in [-0.1, -0.05) is 136 Å². The summed E-state index contributed by atoms with van der Waals surface area (Å²) in [4.78, 5) is 10.1. The van der Waals surface area contributed by atoms with E-state index < -0.39 is 16.5 Å². The van der Waals surface area contributed by atoms with Crippen LogP contribution in [-0.4, -0.2) is 27.5 Å². The number of hydrogen-bond donors (Lipinski definition) is 0. The van der Waals surface area contributed by atoms with Crippen LogP contribution in [0.2, 0.25) is 36.3 Å². The minimum absolute atomic E-state index is 0. The van der Waals surface area contributed by atoms with Crippen molar-refractivity contribution in [1.82, 2.24) is 0 Å². The first-order valence-corrected chi connectivity index (χ1v) is 15.4. The molecule has 25 heavy (non-hydrogen) atoms. The van der Waals surface area contributed by atoms with Crippen molar-refractivity contribution in [1.29, 1.82) is 0 Å². The molecular weight excluding hydrogens is 383 g/mol. The number of nitrogens with zero attached hydrogens (tertiary/aromatic N) is 2. The van der Waals surface area contributed by atoms with Crippen molar-refractivity contribution in [3.05, 3.63) is 9.96 Å². The average Bonchev–Trinajstić information content (AvgIpc) is 2.49. The van der Waals surface area contributed by atoms with Gasteiger partial charge in [0.2, 0.25) is 0 Å². The minimum Gasteiger partial charge on any atom is -0.659 e. The van der Waals surface area contributed by atoms with Crippen LogP contribution < -0.4 is 0 Å². The normalized spacial score (nSPS) is 13.0. The van der Waals surface area contributed by atoms with Crippen LogP contribution in [0.3, 0.4) is 0 Å². The Morgan fingerprint density at radius 2 is 0.640 bits per heavy atom. The van der Waals surface area contributed by atoms with Gasteiger partial charge in [0.15, 0.2) is 0 Å². The Balaban J connectivity index is -0.000000372. The molecule has 0 aliphatic carbocycles. The Hall–Kier alpha value is 0.860. The molecule has 0 heterocycles. The van der Waals surface area contributed by atoms with E-state index in [2.05, 4.69) is 83.1 Å². The van der Waals surface area contributed by atoms with Crippen LogP contribution in [0.15, 0.2) is 0 Å². The van der Waals surface area contributed by atoms with Crippen LogP contribution in [0.4, 0.5) is 0 Å². The summed E-state index contributed by atoms with van der Waals surface area (Å²) in [5.74, 6) is 0. The van der Waals surface area contributed by atoms with E-state index >= 15 is 0 Å². The predicted octanol–water partition coefficient (Wildman–Crippen LogP) is 8.33. The van der Waals surface area contributed by atoms with Crippen molar-refractivity contribution in [2.75, 3.05) is 0 Å². The van der Waals surface area contributed by atoms with E-state index in [0.717, 1.165) is 0 Å². The molecule has 0 rings (SSSR count). The first-order chi connectivity index (χ1) is 10.8. The van der Waals surface area contributed by atoms with Crippen molar-refractivity contribution in [3.8, 4) is 0 Å². The van der Waals surface area contributed by atoms with Gasteiger partial charge in [0, 0.05) is 0 Å². The van der Waals surface area contributed by atoms with Crippen LogP contribution in [0, 0.1) is 0 Å². The van der Waals surface area contributed by atoms with E-state index in [1.54, 1.807) is 0 Å². The fourth-order valence-corrected chi connectivity index (χ4v) is 10.2. The van der Waals surface area contributed by atoms with E-state index in [0.29, 0.717) is 0 Å². The summed E-state index contributed by atoms with van der Waals surface area (Å²) in [6, 6.07) is 7.82. The minimum atomic E-state index is -1.23. The molecule has 0 atom stereocenters. The number of hydrogen-bond acceptors (Lipinski definition) is 0. The van der Waals surface area contributed by atoms with Gasteiger partial charge in [-0.25, -0.2) is 0 Å². The molecule has 0 unspecified atom stereocenters. The quantitative estimate of drug-likeness (QED) is 0.346. The molecule has 0 saturated heterocycles. The SMILES string of the molecule is CC[Si](CC)(CC)[N-]C(C)(C)C.CC[Si](CC)(CC)[N-]C(C)(C)C.[Co+2]. The average molecular weight is 432 g/mol. The summed E-state index contributed by atoms with van der Waals surface area (Å²) in [5, 5.41) is 0. The van der Waals surface area contributed by atoms with Crippen molar-refractivity contribution in [3.63, 3.8) is 0 Å². The summed E-state index contributed by atoms with van der Waals surface area (Å²) < 4.78 is 0. The van der Waals surface area contributed by atoms with Crippen molar-refractivity contribution in [2.45, 2.75) is 130 Å². The van der Waals surface area contributed by atoms with Crippen LogP contribution in [-0.2, 0) is 16.8 Å².